The van der Waals surface area contributed by atoms with Gasteiger partial charge in [0.15, 0.2) is 0 Å². The Bertz CT molecular complexity index is 654. The van der Waals surface area contributed by atoms with Crippen LogP contribution in [0.4, 0.5) is 5.69 Å². The Balaban J connectivity index is 2.16. The highest BCUT2D eigenvalue weighted by Gasteiger charge is 2.53. The van der Waals surface area contributed by atoms with Crippen LogP contribution in [-0.2, 0) is 23.9 Å². The van der Waals surface area contributed by atoms with Gasteiger partial charge in [0, 0.05) is 12.6 Å². The Kier molecular flexibility index (Phi) is 7.80. The van der Waals surface area contributed by atoms with E-state index in [-0.39, 0.29) is 19.8 Å². The summed E-state index contributed by atoms with van der Waals surface area (Å²) in [6.07, 6.45) is 0. The first-order valence-corrected chi connectivity index (χ1v) is 9.69. The molecule has 0 radical (unpaired) electrons. The molecule has 8 nitrogen and oxygen atoms in total. The van der Waals surface area contributed by atoms with E-state index in [1.165, 1.54) is 6.92 Å². The van der Waals surface area contributed by atoms with Crippen LogP contribution in [0.5, 0.6) is 0 Å². The molecule has 2 rings (SSSR count). The zero-order valence-electron chi connectivity index (χ0n) is 16.8. The largest absolute Gasteiger partial charge is 0.464 e. The molecule has 1 aliphatic rings. The fraction of sp³-hybridized carbons (Fsp3) is 0.550. The predicted molar refractivity (Wildman–Crippen MR) is 104 cm³/mol. The lowest BCUT2D eigenvalue weighted by atomic mass is 9.97. The molecule has 28 heavy (non-hydrogen) atoms. The van der Waals surface area contributed by atoms with Crippen LogP contribution in [0.3, 0.4) is 0 Å². The first kappa shape index (κ1) is 21.7. The van der Waals surface area contributed by atoms with Crippen LogP contribution in [0.2, 0.25) is 0 Å². The Morgan fingerprint density at radius 3 is 2.04 bits per heavy atom. The fourth-order valence-electron chi connectivity index (χ4n) is 3.45. The molecule has 1 aromatic carbocycles. The Hall–Kier alpha value is -2.61. The second kappa shape index (κ2) is 10.1. The molecule has 1 aromatic rings. The minimum absolute atomic E-state index is 0.0902. The summed E-state index contributed by atoms with van der Waals surface area (Å²) in [6, 6.07) is 10.1. The maximum Gasteiger partial charge on any atom is 0.349 e. The van der Waals surface area contributed by atoms with E-state index in [1.807, 2.05) is 18.2 Å². The molecule has 1 aliphatic heterocycles. The van der Waals surface area contributed by atoms with E-state index in [9.17, 15) is 14.4 Å². The summed E-state index contributed by atoms with van der Waals surface area (Å²) in [7, 11) is 0. The van der Waals surface area contributed by atoms with Crippen molar-refractivity contribution >= 4 is 23.5 Å². The minimum atomic E-state index is -1.83. The number of nitrogens with zero attached hydrogens (tertiary/aromatic N) is 1. The van der Waals surface area contributed by atoms with Gasteiger partial charge in [-0.05, 0) is 26.0 Å². The number of nitrogens with one attached hydrogen (secondary N) is 2. The van der Waals surface area contributed by atoms with Crippen molar-refractivity contribution in [1.29, 1.82) is 0 Å². The summed E-state index contributed by atoms with van der Waals surface area (Å²) in [4.78, 5) is 40.5. The SMILES string of the molecule is CCOC(=O)C(C[NH+]1CCN(c2ccccc2)CC1)(NC(C)=O)C(=O)OCC. The van der Waals surface area contributed by atoms with Gasteiger partial charge in [-0.25, -0.2) is 9.59 Å². The van der Waals surface area contributed by atoms with Crippen LogP contribution in [0, 0.1) is 0 Å². The van der Waals surface area contributed by atoms with Gasteiger partial charge in [0.2, 0.25) is 5.91 Å². The average molecular weight is 392 g/mol. The van der Waals surface area contributed by atoms with Gasteiger partial charge in [0.1, 0.15) is 6.54 Å². The van der Waals surface area contributed by atoms with Crippen molar-refractivity contribution in [1.82, 2.24) is 5.32 Å². The van der Waals surface area contributed by atoms with Gasteiger partial charge in [-0.15, -0.1) is 0 Å². The molecular formula is C20H30N3O5+. The highest BCUT2D eigenvalue weighted by atomic mass is 16.6. The van der Waals surface area contributed by atoms with Crippen molar-refractivity contribution in [2.75, 3.05) is 50.8 Å². The average Bonchev–Trinajstić information content (AvgIpc) is 2.68. The predicted octanol–water partition coefficient (Wildman–Crippen LogP) is -0.607. The van der Waals surface area contributed by atoms with Gasteiger partial charge in [-0.1, -0.05) is 18.2 Å². The third-order valence-corrected chi connectivity index (χ3v) is 4.74. The third-order valence-electron chi connectivity index (χ3n) is 4.74. The van der Waals surface area contributed by atoms with Crippen LogP contribution >= 0.6 is 0 Å². The molecular weight excluding hydrogens is 362 g/mol. The number of para-hydroxylation sites is 1. The first-order valence-electron chi connectivity index (χ1n) is 9.69. The number of amides is 1. The standard InChI is InChI=1S/C20H29N3O5/c1-4-27-18(25)20(21-16(3)24,19(26)28-5-2)15-22-11-13-23(14-12-22)17-9-7-6-8-10-17/h6-10H,4-5,11-15H2,1-3H3,(H,21,24)/p+1. The Morgan fingerprint density at radius 2 is 1.57 bits per heavy atom. The zero-order chi connectivity index (χ0) is 20.6. The van der Waals surface area contributed by atoms with E-state index in [2.05, 4.69) is 22.3 Å². The van der Waals surface area contributed by atoms with Gasteiger partial charge in [-0.3, -0.25) is 4.79 Å². The Morgan fingerprint density at radius 1 is 1.04 bits per heavy atom. The van der Waals surface area contributed by atoms with Crippen LogP contribution < -0.4 is 15.1 Å². The van der Waals surface area contributed by atoms with E-state index in [1.54, 1.807) is 13.8 Å². The molecule has 1 saturated heterocycles. The second-order valence-corrected chi connectivity index (χ2v) is 6.78. The maximum atomic E-state index is 12.7. The normalized spacial score (nSPS) is 15.0. The molecule has 154 valence electrons. The molecule has 0 saturated carbocycles. The summed E-state index contributed by atoms with van der Waals surface area (Å²) in [5, 5.41) is 2.53. The van der Waals surface area contributed by atoms with E-state index >= 15 is 0 Å². The molecule has 8 heteroatoms. The van der Waals surface area contributed by atoms with Crippen molar-refractivity contribution < 1.29 is 28.8 Å². The number of carbonyl (C=O) groups is 3. The molecule has 0 bridgehead atoms. The summed E-state index contributed by atoms with van der Waals surface area (Å²) < 4.78 is 10.3. The fourth-order valence-corrected chi connectivity index (χ4v) is 3.45. The lowest BCUT2D eigenvalue weighted by molar-refractivity contribution is -0.902. The topological polar surface area (TPSA) is 89.4 Å². The van der Waals surface area contributed by atoms with Crippen molar-refractivity contribution in [2.45, 2.75) is 26.3 Å². The summed E-state index contributed by atoms with van der Waals surface area (Å²) >= 11 is 0. The molecule has 2 N–H and O–H groups in total. The van der Waals surface area contributed by atoms with E-state index in [4.69, 9.17) is 9.47 Å². The molecule has 0 unspecified atom stereocenters. The van der Waals surface area contributed by atoms with Crippen molar-refractivity contribution in [3.05, 3.63) is 30.3 Å². The summed E-state index contributed by atoms with van der Waals surface area (Å²) in [5.74, 6) is -2.04. The molecule has 1 amide bonds. The third kappa shape index (κ3) is 5.22. The van der Waals surface area contributed by atoms with Crippen LogP contribution in [0.1, 0.15) is 20.8 Å². The highest BCUT2D eigenvalue weighted by Crippen LogP contribution is 2.14. The maximum absolute atomic E-state index is 12.7. The first-order chi connectivity index (χ1) is 13.4. The molecule has 0 atom stereocenters. The highest BCUT2D eigenvalue weighted by molar-refractivity contribution is 6.07. The van der Waals surface area contributed by atoms with Crippen LogP contribution in [0.15, 0.2) is 30.3 Å². The molecule has 0 spiro atoms. The lowest BCUT2D eigenvalue weighted by Gasteiger charge is -2.37. The summed E-state index contributed by atoms with van der Waals surface area (Å²) in [5.41, 5.74) is -0.687. The number of quaternary nitrogens is 1. The monoisotopic (exact) mass is 392 g/mol. The van der Waals surface area contributed by atoms with Gasteiger partial charge in [0.05, 0.1) is 39.4 Å². The van der Waals surface area contributed by atoms with Crippen molar-refractivity contribution in [3.8, 4) is 0 Å². The number of hydrogen-bond acceptors (Lipinski definition) is 6. The minimum Gasteiger partial charge on any atom is -0.464 e. The van der Waals surface area contributed by atoms with Gasteiger partial charge >= 0.3 is 11.9 Å². The van der Waals surface area contributed by atoms with Gasteiger partial charge < -0.3 is 24.6 Å². The number of carbonyl (C=O) groups excluding carboxylic acids is 3. The molecule has 0 aliphatic carbocycles. The number of esters is 2. The molecule has 1 heterocycles. The van der Waals surface area contributed by atoms with E-state index in [0.29, 0.717) is 0 Å². The van der Waals surface area contributed by atoms with Crippen molar-refractivity contribution in [2.24, 2.45) is 0 Å². The lowest BCUT2D eigenvalue weighted by Crippen LogP contribution is -3.17. The summed E-state index contributed by atoms with van der Waals surface area (Å²) in [6.45, 7) is 7.89. The van der Waals surface area contributed by atoms with E-state index < -0.39 is 23.4 Å². The zero-order valence-corrected chi connectivity index (χ0v) is 16.8. The smallest absolute Gasteiger partial charge is 0.349 e. The molecule has 0 aromatic heterocycles. The van der Waals surface area contributed by atoms with Crippen LogP contribution in [-0.4, -0.2) is 69.3 Å². The van der Waals surface area contributed by atoms with Crippen LogP contribution in [0.25, 0.3) is 0 Å². The number of rotatable bonds is 8. The number of hydrogen-bond donors (Lipinski definition) is 2. The van der Waals surface area contributed by atoms with Gasteiger partial charge in [-0.2, -0.15) is 0 Å². The Labute approximate surface area is 165 Å². The van der Waals surface area contributed by atoms with Gasteiger partial charge in [0.25, 0.3) is 5.54 Å². The number of ether oxygens (including phenoxy) is 2. The quantitative estimate of drug-likeness (QED) is 0.453. The van der Waals surface area contributed by atoms with Crippen molar-refractivity contribution in [3.63, 3.8) is 0 Å². The number of piperazine rings is 1. The number of anilines is 1. The second-order valence-electron chi connectivity index (χ2n) is 6.78. The molecule has 1 fully saturated rings. The van der Waals surface area contributed by atoms with E-state index in [0.717, 1.165) is 36.8 Å². The number of benzene rings is 1.